The molecule has 1 aliphatic rings. The first-order valence-corrected chi connectivity index (χ1v) is 8.69. The maximum atomic E-state index is 12.4. The van der Waals surface area contributed by atoms with E-state index in [0.717, 1.165) is 31.2 Å². The Bertz CT molecular complexity index is 574. The van der Waals surface area contributed by atoms with E-state index in [1.165, 1.54) is 6.07 Å². The van der Waals surface area contributed by atoms with Crippen molar-refractivity contribution in [2.75, 3.05) is 6.61 Å². The highest BCUT2D eigenvalue weighted by Gasteiger charge is 2.29. The van der Waals surface area contributed by atoms with E-state index in [2.05, 4.69) is 4.72 Å². The van der Waals surface area contributed by atoms with E-state index in [9.17, 15) is 13.5 Å². The number of aliphatic hydroxyl groups excluding tert-OH is 1. The Balaban J connectivity index is 2.22. The van der Waals surface area contributed by atoms with Crippen LogP contribution in [0.2, 0.25) is 5.02 Å². The van der Waals surface area contributed by atoms with Gasteiger partial charge in [0.2, 0.25) is 10.0 Å². The number of aryl methyl sites for hydroxylation is 1. The van der Waals surface area contributed by atoms with E-state index in [4.69, 9.17) is 11.6 Å². The monoisotopic (exact) mass is 317 g/mol. The lowest BCUT2D eigenvalue weighted by Crippen LogP contribution is -2.43. The molecule has 2 atom stereocenters. The van der Waals surface area contributed by atoms with Crippen molar-refractivity contribution in [1.82, 2.24) is 4.72 Å². The van der Waals surface area contributed by atoms with Gasteiger partial charge in [-0.2, -0.15) is 0 Å². The summed E-state index contributed by atoms with van der Waals surface area (Å²) in [7, 11) is -3.64. The minimum absolute atomic E-state index is 0.00875. The molecule has 2 rings (SSSR count). The zero-order valence-corrected chi connectivity index (χ0v) is 13.0. The smallest absolute Gasteiger partial charge is 0.242 e. The number of halogens is 1. The SMILES string of the molecule is Cc1ccc(S(=O)(=O)NC2CCCCC2CO)c(Cl)c1. The van der Waals surface area contributed by atoms with Crippen molar-refractivity contribution < 1.29 is 13.5 Å². The number of rotatable bonds is 4. The lowest BCUT2D eigenvalue weighted by molar-refractivity contribution is 0.164. The van der Waals surface area contributed by atoms with Gasteiger partial charge in [-0.1, -0.05) is 30.5 Å². The first kappa shape index (κ1) is 15.8. The molecule has 4 nitrogen and oxygen atoms in total. The standard InChI is InChI=1S/C14H20ClNO3S/c1-10-6-7-14(12(15)8-10)20(18,19)16-13-5-3-2-4-11(13)9-17/h6-8,11,13,16-17H,2-5,9H2,1H3. The highest BCUT2D eigenvalue weighted by Crippen LogP contribution is 2.27. The van der Waals surface area contributed by atoms with Crippen LogP contribution in [-0.2, 0) is 10.0 Å². The number of hydrogen-bond acceptors (Lipinski definition) is 3. The zero-order valence-electron chi connectivity index (χ0n) is 11.5. The molecule has 0 bridgehead atoms. The highest BCUT2D eigenvalue weighted by atomic mass is 35.5. The zero-order chi connectivity index (χ0) is 14.8. The quantitative estimate of drug-likeness (QED) is 0.896. The molecular formula is C14H20ClNO3S. The Morgan fingerprint density at radius 2 is 2.05 bits per heavy atom. The van der Waals surface area contributed by atoms with E-state index in [1.807, 2.05) is 6.92 Å². The summed E-state index contributed by atoms with van der Waals surface area (Å²) in [6, 6.07) is 4.68. The Kier molecular flexibility index (Phi) is 5.07. The second kappa shape index (κ2) is 6.43. The molecule has 0 radical (unpaired) electrons. The van der Waals surface area contributed by atoms with E-state index in [1.54, 1.807) is 12.1 Å². The summed E-state index contributed by atoms with van der Waals surface area (Å²) < 4.78 is 27.5. The van der Waals surface area contributed by atoms with Crippen LogP contribution in [0.25, 0.3) is 0 Å². The Morgan fingerprint density at radius 1 is 1.35 bits per heavy atom. The molecule has 6 heteroatoms. The molecule has 0 aromatic heterocycles. The summed E-state index contributed by atoms with van der Waals surface area (Å²) in [5, 5.41) is 9.59. The van der Waals surface area contributed by atoms with E-state index >= 15 is 0 Å². The van der Waals surface area contributed by atoms with Crippen molar-refractivity contribution in [3.63, 3.8) is 0 Å². The van der Waals surface area contributed by atoms with Gasteiger partial charge in [0, 0.05) is 12.6 Å². The number of nitrogens with one attached hydrogen (secondary N) is 1. The largest absolute Gasteiger partial charge is 0.396 e. The molecule has 0 aliphatic heterocycles. The second-order valence-corrected chi connectivity index (χ2v) is 7.48. The lowest BCUT2D eigenvalue weighted by Gasteiger charge is -2.30. The van der Waals surface area contributed by atoms with Gasteiger partial charge in [0.1, 0.15) is 4.90 Å². The first-order valence-electron chi connectivity index (χ1n) is 6.83. The summed E-state index contributed by atoms with van der Waals surface area (Å²) in [5.41, 5.74) is 0.917. The van der Waals surface area contributed by atoms with Crippen molar-refractivity contribution in [1.29, 1.82) is 0 Å². The van der Waals surface area contributed by atoms with Crippen molar-refractivity contribution >= 4 is 21.6 Å². The molecule has 0 spiro atoms. The predicted molar refractivity (Wildman–Crippen MR) is 79.3 cm³/mol. The fourth-order valence-electron chi connectivity index (χ4n) is 2.67. The van der Waals surface area contributed by atoms with Gasteiger partial charge in [0.15, 0.2) is 0 Å². The lowest BCUT2D eigenvalue weighted by atomic mass is 9.86. The van der Waals surface area contributed by atoms with Crippen molar-refractivity contribution in [3.05, 3.63) is 28.8 Å². The average molecular weight is 318 g/mol. The van der Waals surface area contributed by atoms with Crippen LogP contribution in [0.15, 0.2) is 23.1 Å². The van der Waals surface area contributed by atoms with E-state index in [0.29, 0.717) is 0 Å². The Hall–Kier alpha value is -0.620. The number of hydrogen-bond donors (Lipinski definition) is 2. The third-order valence-corrected chi connectivity index (χ3v) is 5.80. The Morgan fingerprint density at radius 3 is 2.70 bits per heavy atom. The van der Waals surface area contributed by atoms with Gasteiger partial charge in [0.25, 0.3) is 0 Å². The summed E-state index contributed by atoms with van der Waals surface area (Å²) in [4.78, 5) is 0.104. The summed E-state index contributed by atoms with van der Waals surface area (Å²) in [5.74, 6) is -0.0113. The number of aliphatic hydroxyl groups is 1. The van der Waals surface area contributed by atoms with E-state index in [-0.39, 0.29) is 28.5 Å². The third kappa shape index (κ3) is 3.52. The summed E-state index contributed by atoms with van der Waals surface area (Å²) in [6.07, 6.45) is 3.62. The van der Waals surface area contributed by atoms with Crippen LogP contribution >= 0.6 is 11.6 Å². The van der Waals surface area contributed by atoms with Gasteiger partial charge in [-0.05, 0) is 43.4 Å². The van der Waals surface area contributed by atoms with Gasteiger partial charge in [-0.3, -0.25) is 0 Å². The molecular weight excluding hydrogens is 298 g/mol. The van der Waals surface area contributed by atoms with Gasteiger partial charge in [-0.25, -0.2) is 13.1 Å². The van der Waals surface area contributed by atoms with Crippen molar-refractivity contribution in [2.24, 2.45) is 5.92 Å². The molecule has 0 amide bonds. The minimum atomic E-state index is -3.64. The maximum Gasteiger partial charge on any atom is 0.242 e. The van der Waals surface area contributed by atoms with Crippen LogP contribution < -0.4 is 4.72 Å². The van der Waals surface area contributed by atoms with Gasteiger partial charge in [-0.15, -0.1) is 0 Å². The van der Waals surface area contributed by atoms with Gasteiger partial charge in [0.05, 0.1) is 5.02 Å². The average Bonchev–Trinajstić information content (AvgIpc) is 2.38. The summed E-state index contributed by atoms with van der Waals surface area (Å²) >= 11 is 6.03. The predicted octanol–water partition coefficient (Wildman–Crippen LogP) is 2.48. The molecule has 1 fully saturated rings. The molecule has 20 heavy (non-hydrogen) atoms. The molecule has 0 saturated heterocycles. The highest BCUT2D eigenvalue weighted by molar-refractivity contribution is 7.89. The van der Waals surface area contributed by atoms with Crippen LogP contribution in [0.4, 0.5) is 0 Å². The molecule has 2 N–H and O–H groups in total. The Labute approximate surface area is 125 Å². The third-order valence-electron chi connectivity index (χ3n) is 3.83. The molecule has 1 aromatic carbocycles. The molecule has 0 heterocycles. The second-order valence-electron chi connectivity index (χ2n) is 5.39. The van der Waals surface area contributed by atoms with Crippen LogP contribution in [0, 0.1) is 12.8 Å². The topological polar surface area (TPSA) is 66.4 Å². The minimum Gasteiger partial charge on any atom is -0.396 e. The normalized spacial score (nSPS) is 23.8. The fourth-order valence-corrected chi connectivity index (χ4v) is 4.61. The van der Waals surface area contributed by atoms with Crippen LogP contribution in [0.3, 0.4) is 0 Å². The molecule has 1 saturated carbocycles. The number of sulfonamides is 1. The van der Waals surface area contributed by atoms with Gasteiger partial charge >= 0.3 is 0 Å². The van der Waals surface area contributed by atoms with Crippen LogP contribution in [0.1, 0.15) is 31.2 Å². The van der Waals surface area contributed by atoms with Crippen molar-refractivity contribution in [3.8, 4) is 0 Å². The summed E-state index contributed by atoms with van der Waals surface area (Å²) in [6.45, 7) is 1.87. The van der Waals surface area contributed by atoms with E-state index < -0.39 is 10.0 Å². The molecule has 1 aromatic rings. The first-order chi connectivity index (χ1) is 9.44. The fraction of sp³-hybridized carbons (Fsp3) is 0.571. The molecule has 2 unspecified atom stereocenters. The molecule has 112 valence electrons. The van der Waals surface area contributed by atoms with Crippen LogP contribution in [0.5, 0.6) is 0 Å². The maximum absolute atomic E-state index is 12.4. The number of benzene rings is 1. The van der Waals surface area contributed by atoms with Gasteiger partial charge < -0.3 is 5.11 Å². The van der Waals surface area contributed by atoms with Crippen LogP contribution in [-0.4, -0.2) is 26.2 Å². The molecule has 1 aliphatic carbocycles. The van der Waals surface area contributed by atoms with Crippen molar-refractivity contribution in [2.45, 2.75) is 43.5 Å².